The number of carbonyl (C=O) groups is 3. The Hall–Kier alpha value is -2.42. The average molecular weight is 519 g/mol. The van der Waals surface area contributed by atoms with Crippen LogP contribution >= 0.6 is 11.6 Å². The van der Waals surface area contributed by atoms with E-state index in [0.29, 0.717) is 23.6 Å². The van der Waals surface area contributed by atoms with Crippen molar-refractivity contribution in [2.75, 3.05) is 24.7 Å². The quantitative estimate of drug-likeness (QED) is 0.398. The van der Waals surface area contributed by atoms with Gasteiger partial charge in [-0.3, -0.25) is 14.4 Å². The van der Waals surface area contributed by atoms with Crippen LogP contribution in [0.5, 0.6) is 0 Å². The Morgan fingerprint density at radius 3 is 2.64 bits per heavy atom. The molecular weight excluding hydrogens is 484 g/mol. The summed E-state index contributed by atoms with van der Waals surface area (Å²) in [6.45, 7) is 11.1. The van der Waals surface area contributed by atoms with Crippen LogP contribution in [-0.4, -0.2) is 70.8 Å². The largest absolute Gasteiger partial charge is 0.466 e. The number of esters is 1. The molecule has 9 heteroatoms. The molecule has 3 saturated heterocycles. The molecule has 1 N–H and O–H groups in total. The van der Waals surface area contributed by atoms with Gasteiger partial charge >= 0.3 is 5.97 Å². The van der Waals surface area contributed by atoms with Gasteiger partial charge in [0.05, 0.1) is 41.5 Å². The van der Waals surface area contributed by atoms with Gasteiger partial charge in [0, 0.05) is 6.54 Å². The summed E-state index contributed by atoms with van der Waals surface area (Å²) in [6.07, 6.45) is 2.54. The van der Waals surface area contributed by atoms with E-state index >= 15 is 0 Å². The zero-order valence-corrected chi connectivity index (χ0v) is 22.0. The Kier molecular flexibility index (Phi) is 7.25. The summed E-state index contributed by atoms with van der Waals surface area (Å²) in [6, 6.07) is 5.30. The van der Waals surface area contributed by atoms with Gasteiger partial charge in [0.2, 0.25) is 5.91 Å². The molecule has 4 rings (SSSR count). The van der Waals surface area contributed by atoms with Gasteiger partial charge in [-0.25, -0.2) is 0 Å². The van der Waals surface area contributed by atoms with Crippen LogP contribution in [0.4, 0.5) is 5.69 Å². The van der Waals surface area contributed by atoms with E-state index in [1.165, 1.54) is 9.80 Å². The zero-order chi connectivity index (χ0) is 26.4. The first-order valence-corrected chi connectivity index (χ1v) is 12.9. The van der Waals surface area contributed by atoms with E-state index in [1.54, 1.807) is 37.3 Å². The monoisotopic (exact) mass is 518 g/mol. The number of halogens is 1. The number of para-hydroxylation sites is 1. The number of amides is 2. The van der Waals surface area contributed by atoms with Gasteiger partial charge in [0.25, 0.3) is 5.91 Å². The first kappa shape index (κ1) is 26.6. The van der Waals surface area contributed by atoms with E-state index in [0.717, 1.165) is 0 Å². The minimum Gasteiger partial charge on any atom is -0.466 e. The maximum absolute atomic E-state index is 14.5. The maximum Gasteiger partial charge on any atom is 0.312 e. The molecule has 0 radical (unpaired) electrons. The summed E-state index contributed by atoms with van der Waals surface area (Å²) in [4.78, 5) is 44.7. The lowest BCUT2D eigenvalue weighted by molar-refractivity contribution is -0.160. The molecule has 3 fully saturated rings. The molecule has 0 aliphatic carbocycles. The molecule has 1 spiro atoms. The Morgan fingerprint density at radius 1 is 1.36 bits per heavy atom. The highest BCUT2D eigenvalue weighted by Gasteiger charge is 2.79. The fraction of sp³-hybridized carbons (Fsp3) is 0.593. The molecule has 0 aromatic heterocycles. The lowest BCUT2D eigenvalue weighted by Crippen LogP contribution is -2.60. The first-order chi connectivity index (χ1) is 17.1. The molecule has 6 atom stereocenters. The van der Waals surface area contributed by atoms with Gasteiger partial charge in [-0.05, 0) is 44.7 Å². The SMILES string of the molecule is C=CCN(C(=O)C1N([C@@H](CO)C(C)C)C(=O)[C@@H]2[C@H](C(=O)OCC)[C@]3(C)CCC12O3)c1ccccc1Cl. The van der Waals surface area contributed by atoms with E-state index in [-0.39, 0.29) is 37.5 Å². The molecule has 3 aliphatic rings. The third-order valence-corrected chi connectivity index (χ3v) is 8.34. The summed E-state index contributed by atoms with van der Waals surface area (Å²) in [5.74, 6) is -3.10. The van der Waals surface area contributed by atoms with Crippen LogP contribution in [0.15, 0.2) is 36.9 Å². The molecular formula is C27H35ClN2O6. The van der Waals surface area contributed by atoms with Crippen molar-refractivity contribution in [2.45, 2.75) is 63.8 Å². The van der Waals surface area contributed by atoms with Gasteiger partial charge in [-0.2, -0.15) is 0 Å². The normalized spacial score (nSPS) is 31.5. The van der Waals surface area contributed by atoms with E-state index in [1.807, 2.05) is 20.8 Å². The molecule has 36 heavy (non-hydrogen) atoms. The second-order valence-corrected chi connectivity index (χ2v) is 10.8. The Balaban J connectivity index is 1.88. The van der Waals surface area contributed by atoms with Crippen molar-refractivity contribution in [3.63, 3.8) is 0 Å². The Labute approximate surface area is 217 Å². The molecule has 2 bridgehead atoms. The predicted octanol–water partition coefficient (Wildman–Crippen LogP) is 3.20. The van der Waals surface area contributed by atoms with Gasteiger partial charge in [0.15, 0.2) is 0 Å². The number of anilines is 1. The second kappa shape index (κ2) is 9.80. The lowest BCUT2D eigenvalue weighted by Gasteiger charge is -2.40. The molecule has 2 amide bonds. The van der Waals surface area contributed by atoms with Crippen molar-refractivity contribution in [3.8, 4) is 0 Å². The number of likely N-dealkylation sites (tertiary alicyclic amines) is 1. The number of hydrogen-bond acceptors (Lipinski definition) is 6. The van der Waals surface area contributed by atoms with Crippen molar-refractivity contribution in [2.24, 2.45) is 17.8 Å². The van der Waals surface area contributed by atoms with Gasteiger partial charge in [-0.15, -0.1) is 6.58 Å². The number of hydrogen-bond donors (Lipinski definition) is 1. The number of benzene rings is 1. The molecule has 0 saturated carbocycles. The molecule has 1 aromatic carbocycles. The number of rotatable bonds is 9. The third kappa shape index (κ3) is 3.85. The van der Waals surface area contributed by atoms with Crippen molar-refractivity contribution in [1.29, 1.82) is 0 Å². The minimum atomic E-state index is -1.22. The molecule has 1 aromatic rings. The van der Waals surface area contributed by atoms with Gasteiger partial charge in [-0.1, -0.05) is 43.7 Å². The van der Waals surface area contributed by atoms with Crippen LogP contribution in [0.25, 0.3) is 0 Å². The first-order valence-electron chi connectivity index (χ1n) is 12.5. The van der Waals surface area contributed by atoms with Crippen LogP contribution in [0.1, 0.15) is 40.5 Å². The number of aliphatic hydroxyl groups excluding tert-OH is 1. The fourth-order valence-corrected chi connectivity index (χ4v) is 6.70. The maximum atomic E-state index is 14.5. The summed E-state index contributed by atoms with van der Waals surface area (Å²) in [5, 5.41) is 10.7. The van der Waals surface area contributed by atoms with Crippen molar-refractivity contribution < 1.29 is 29.0 Å². The van der Waals surface area contributed by atoms with Crippen molar-refractivity contribution in [1.82, 2.24) is 4.90 Å². The highest BCUT2D eigenvalue weighted by Crippen LogP contribution is 2.64. The highest BCUT2D eigenvalue weighted by molar-refractivity contribution is 6.34. The molecule has 3 heterocycles. The fourth-order valence-electron chi connectivity index (χ4n) is 6.46. The van der Waals surface area contributed by atoms with Crippen LogP contribution in [-0.2, 0) is 23.9 Å². The zero-order valence-electron chi connectivity index (χ0n) is 21.3. The van der Waals surface area contributed by atoms with Crippen LogP contribution in [0, 0.1) is 17.8 Å². The standard InChI is InChI=1S/C27H35ClN2O6/c1-6-14-29(18-11-9-8-10-17(18)28)24(33)22-27-13-12-26(5,36-27)21(25(34)35-7-2)20(27)23(32)30(22)19(15-31)16(3)4/h6,8-11,16,19-22,31H,1,7,12-15H2,2-5H3/t19-,20-,21+,22?,26-,27?/m0/s1. The number of carbonyl (C=O) groups excluding carboxylic acids is 3. The smallest absolute Gasteiger partial charge is 0.312 e. The second-order valence-electron chi connectivity index (χ2n) is 10.4. The topological polar surface area (TPSA) is 96.4 Å². The predicted molar refractivity (Wildman–Crippen MR) is 135 cm³/mol. The van der Waals surface area contributed by atoms with E-state index in [4.69, 9.17) is 21.1 Å². The van der Waals surface area contributed by atoms with Crippen LogP contribution in [0.3, 0.4) is 0 Å². The number of nitrogens with zero attached hydrogens (tertiary/aromatic N) is 2. The Morgan fingerprint density at radius 2 is 2.06 bits per heavy atom. The molecule has 2 unspecified atom stereocenters. The number of aliphatic hydroxyl groups is 1. The van der Waals surface area contributed by atoms with Crippen LogP contribution in [0.2, 0.25) is 5.02 Å². The molecule has 3 aliphatic heterocycles. The summed E-state index contributed by atoms with van der Waals surface area (Å²) in [7, 11) is 0. The highest BCUT2D eigenvalue weighted by atomic mass is 35.5. The van der Waals surface area contributed by atoms with Crippen molar-refractivity contribution in [3.05, 3.63) is 41.9 Å². The summed E-state index contributed by atoms with van der Waals surface area (Å²) in [5.41, 5.74) is -1.65. The van der Waals surface area contributed by atoms with E-state index in [2.05, 4.69) is 6.58 Å². The van der Waals surface area contributed by atoms with Crippen LogP contribution < -0.4 is 4.90 Å². The third-order valence-electron chi connectivity index (χ3n) is 8.02. The number of fused-ring (bicyclic) bond motifs is 1. The molecule has 196 valence electrons. The number of ether oxygens (including phenoxy) is 2. The Bertz CT molecular complexity index is 1060. The van der Waals surface area contributed by atoms with E-state index < -0.39 is 41.1 Å². The van der Waals surface area contributed by atoms with Gasteiger partial charge in [0.1, 0.15) is 17.6 Å². The van der Waals surface area contributed by atoms with Gasteiger partial charge < -0.3 is 24.4 Å². The molecule has 8 nitrogen and oxygen atoms in total. The summed E-state index contributed by atoms with van der Waals surface area (Å²) < 4.78 is 12.0. The lowest BCUT2D eigenvalue weighted by atomic mass is 9.66. The van der Waals surface area contributed by atoms with E-state index in [9.17, 15) is 19.5 Å². The summed E-state index contributed by atoms with van der Waals surface area (Å²) >= 11 is 6.48. The van der Waals surface area contributed by atoms with Crippen molar-refractivity contribution >= 4 is 35.1 Å². The average Bonchev–Trinajstić information content (AvgIpc) is 3.39. The minimum absolute atomic E-state index is 0.147.